The van der Waals surface area contributed by atoms with Crippen LogP contribution in [0.3, 0.4) is 0 Å². The number of ether oxygens (including phenoxy) is 2. The summed E-state index contributed by atoms with van der Waals surface area (Å²) in [6.07, 6.45) is 3.75. The van der Waals surface area contributed by atoms with E-state index in [0.717, 1.165) is 63.8 Å². The number of amides is 1. The van der Waals surface area contributed by atoms with Gasteiger partial charge >= 0.3 is 0 Å². The summed E-state index contributed by atoms with van der Waals surface area (Å²) in [4.78, 5) is 10.2. The van der Waals surface area contributed by atoms with Gasteiger partial charge < -0.3 is 25.2 Å². The molecule has 6 nitrogen and oxygen atoms in total. The average molecular weight is 535 g/mol. The van der Waals surface area contributed by atoms with Crippen LogP contribution in [-0.4, -0.2) is 51.0 Å². The molecule has 0 spiro atoms. The van der Waals surface area contributed by atoms with Crippen LogP contribution in [0.2, 0.25) is 0 Å². The van der Waals surface area contributed by atoms with Crippen LogP contribution in [0.25, 0.3) is 0 Å². The molecule has 1 heterocycles. The fraction of sp³-hybridized carbons (Fsp3) is 0.581. The number of methoxy groups -OCH3 is 1. The number of aliphatic hydroxyl groups is 1. The number of fused-ring (bicyclic) bond motifs is 1. The van der Waals surface area contributed by atoms with Gasteiger partial charge in [0.1, 0.15) is 11.6 Å². The normalized spacial score (nSPS) is 14.1. The summed E-state index contributed by atoms with van der Waals surface area (Å²) < 4.78 is 22.9. The molecule has 216 valence electrons. The highest BCUT2D eigenvalue weighted by molar-refractivity contribution is 5.45. The maximum absolute atomic E-state index is 12.2. The van der Waals surface area contributed by atoms with Crippen LogP contribution < -0.4 is 15.4 Å². The minimum Gasteiger partial charge on any atom is -0.493 e. The Morgan fingerprint density at radius 3 is 2.24 bits per heavy atom. The van der Waals surface area contributed by atoms with E-state index in [2.05, 4.69) is 49.6 Å². The van der Waals surface area contributed by atoms with E-state index in [0.29, 0.717) is 6.04 Å². The number of hydrogen-bond acceptors (Lipinski definition) is 5. The third-order valence-electron chi connectivity index (χ3n) is 5.41. The van der Waals surface area contributed by atoms with Crippen LogP contribution in [0, 0.1) is 18.2 Å². The van der Waals surface area contributed by atoms with E-state index in [9.17, 15) is 9.18 Å². The number of aryl methyl sites for hydroxylation is 1. The maximum Gasteiger partial charge on any atom is 0.207 e. The highest BCUT2D eigenvalue weighted by atomic mass is 19.1. The van der Waals surface area contributed by atoms with Gasteiger partial charge in [-0.25, -0.2) is 4.39 Å². The first-order chi connectivity index (χ1) is 17.8. The zero-order valence-electron chi connectivity index (χ0n) is 25.0. The summed E-state index contributed by atoms with van der Waals surface area (Å²) in [6.45, 7) is 17.1. The van der Waals surface area contributed by atoms with E-state index in [1.165, 1.54) is 23.3 Å². The molecule has 0 saturated carbocycles. The van der Waals surface area contributed by atoms with Crippen molar-refractivity contribution in [2.24, 2.45) is 5.41 Å². The molecule has 0 aromatic heterocycles. The number of carbonyl (C=O) groups is 1. The topological polar surface area (TPSA) is 79.8 Å². The Morgan fingerprint density at radius 2 is 1.74 bits per heavy atom. The van der Waals surface area contributed by atoms with Gasteiger partial charge in [0.2, 0.25) is 6.41 Å². The Hall–Kier alpha value is -2.48. The summed E-state index contributed by atoms with van der Waals surface area (Å²) in [5.41, 5.74) is 3.93. The second kappa shape index (κ2) is 18.7. The highest BCUT2D eigenvalue weighted by Gasteiger charge is 2.22. The second-order valence-electron chi connectivity index (χ2n) is 11.3. The molecule has 1 amide bonds. The molecule has 0 fully saturated rings. The summed E-state index contributed by atoms with van der Waals surface area (Å²) in [5.74, 6) is 0.845. The lowest BCUT2D eigenvalue weighted by molar-refractivity contribution is -0.109. The maximum atomic E-state index is 12.2. The van der Waals surface area contributed by atoms with Gasteiger partial charge in [0.05, 0.1) is 12.2 Å². The zero-order valence-corrected chi connectivity index (χ0v) is 25.0. The third kappa shape index (κ3) is 17.1. The Balaban J connectivity index is 0.000000699. The molecule has 0 aliphatic carbocycles. The van der Waals surface area contributed by atoms with Crippen molar-refractivity contribution in [1.82, 2.24) is 10.6 Å². The van der Waals surface area contributed by atoms with Gasteiger partial charge in [-0.2, -0.15) is 0 Å². The standard InChI is InChI=1S/C18H28N2O2.C7H7F.C5H12O.CH4O/c1-18(2,3)12-14-5-6-17-15(11-14)16(7-10-22-17)20-9-4-8-19-13-21;1-6-3-2-4-7(8)5-6;1-5(2,3)6-4;1-2/h5-6,11,13,16,20H,4,7-10,12H2,1-3H3,(H,19,21);2-5H,1H3;1-4H3;2H,1H3. The summed E-state index contributed by atoms with van der Waals surface area (Å²) in [7, 11) is 2.71. The van der Waals surface area contributed by atoms with E-state index < -0.39 is 0 Å². The molecule has 1 unspecified atom stereocenters. The van der Waals surface area contributed by atoms with Crippen LogP contribution in [0.5, 0.6) is 5.75 Å². The summed E-state index contributed by atoms with van der Waals surface area (Å²) in [5, 5.41) is 13.3. The number of hydrogen-bond donors (Lipinski definition) is 3. The average Bonchev–Trinajstić information content (AvgIpc) is 2.84. The van der Waals surface area contributed by atoms with Gasteiger partial charge in [-0.3, -0.25) is 4.79 Å². The minimum absolute atomic E-state index is 0.0417. The van der Waals surface area contributed by atoms with Crippen molar-refractivity contribution >= 4 is 6.41 Å². The fourth-order valence-corrected chi connectivity index (χ4v) is 3.51. The molecule has 2 aromatic rings. The number of rotatable bonds is 7. The van der Waals surface area contributed by atoms with Crippen LogP contribution in [0.15, 0.2) is 42.5 Å². The van der Waals surface area contributed by atoms with Crippen molar-refractivity contribution in [1.29, 1.82) is 0 Å². The van der Waals surface area contributed by atoms with Gasteiger partial charge in [0, 0.05) is 38.8 Å². The van der Waals surface area contributed by atoms with Crippen LogP contribution >= 0.6 is 0 Å². The van der Waals surface area contributed by atoms with E-state index in [4.69, 9.17) is 14.6 Å². The molecule has 1 aliphatic heterocycles. The Morgan fingerprint density at radius 1 is 1.08 bits per heavy atom. The van der Waals surface area contributed by atoms with Crippen molar-refractivity contribution < 1.29 is 23.8 Å². The predicted molar refractivity (Wildman–Crippen MR) is 155 cm³/mol. The molecule has 2 aromatic carbocycles. The van der Waals surface area contributed by atoms with E-state index in [1.54, 1.807) is 13.2 Å². The molecule has 1 atom stereocenters. The number of halogens is 1. The molecule has 3 N–H and O–H groups in total. The van der Waals surface area contributed by atoms with Crippen molar-refractivity contribution in [3.05, 3.63) is 65.0 Å². The first-order valence-electron chi connectivity index (χ1n) is 13.2. The Kier molecular flexibility index (Phi) is 17.5. The SMILES string of the molecule is CC(C)(C)Cc1ccc2c(c1)C(NCCCNC=O)CCO2.CO.COC(C)(C)C.Cc1cccc(F)c1. The quantitative estimate of drug-likeness (QED) is 0.300. The lowest BCUT2D eigenvalue weighted by atomic mass is 9.86. The van der Waals surface area contributed by atoms with Crippen LogP contribution in [0.4, 0.5) is 4.39 Å². The highest BCUT2D eigenvalue weighted by Crippen LogP contribution is 2.34. The second-order valence-corrected chi connectivity index (χ2v) is 11.3. The van der Waals surface area contributed by atoms with Crippen molar-refractivity contribution in [2.45, 2.75) is 79.4 Å². The number of carbonyl (C=O) groups excluding carboxylic acids is 1. The van der Waals surface area contributed by atoms with E-state index in [1.807, 2.05) is 33.8 Å². The smallest absolute Gasteiger partial charge is 0.207 e. The van der Waals surface area contributed by atoms with Gasteiger partial charge in [-0.15, -0.1) is 0 Å². The monoisotopic (exact) mass is 534 g/mol. The summed E-state index contributed by atoms with van der Waals surface area (Å²) in [6, 6.07) is 13.4. The third-order valence-corrected chi connectivity index (χ3v) is 5.41. The van der Waals surface area contributed by atoms with Gasteiger partial charge in [0.25, 0.3) is 0 Å². The number of aliphatic hydroxyl groups excluding tert-OH is 1. The lowest BCUT2D eigenvalue weighted by Gasteiger charge is -2.28. The fourth-order valence-electron chi connectivity index (χ4n) is 3.51. The molecule has 38 heavy (non-hydrogen) atoms. The molecule has 0 saturated heterocycles. The lowest BCUT2D eigenvalue weighted by Crippen LogP contribution is -2.29. The van der Waals surface area contributed by atoms with Gasteiger partial charge in [-0.05, 0) is 81.8 Å². The summed E-state index contributed by atoms with van der Waals surface area (Å²) >= 11 is 0. The molecule has 7 heteroatoms. The molecule has 0 radical (unpaired) electrons. The number of nitrogens with one attached hydrogen (secondary N) is 2. The molecule has 3 rings (SSSR count). The molecule has 1 aliphatic rings. The predicted octanol–water partition coefficient (Wildman–Crippen LogP) is 6.00. The van der Waals surface area contributed by atoms with Crippen molar-refractivity contribution in [2.75, 3.05) is 33.9 Å². The van der Waals surface area contributed by atoms with Gasteiger partial charge in [-0.1, -0.05) is 45.0 Å². The minimum atomic E-state index is -0.162. The van der Waals surface area contributed by atoms with Crippen LogP contribution in [0.1, 0.15) is 77.1 Å². The van der Waals surface area contributed by atoms with Gasteiger partial charge in [0.15, 0.2) is 0 Å². The Labute approximate surface area is 230 Å². The van der Waals surface area contributed by atoms with E-state index >= 15 is 0 Å². The van der Waals surface area contributed by atoms with Crippen molar-refractivity contribution in [3.63, 3.8) is 0 Å². The Bertz CT molecular complexity index is 890. The van der Waals surface area contributed by atoms with Crippen LogP contribution in [-0.2, 0) is 16.0 Å². The first-order valence-corrected chi connectivity index (χ1v) is 13.2. The molecular formula is C31H51FN2O4. The number of benzene rings is 2. The zero-order chi connectivity index (χ0) is 29.2. The first kappa shape index (κ1) is 35.5. The largest absolute Gasteiger partial charge is 0.493 e. The van der Waals surface area contributed by atoms with E-state index in [-0.39, 0.29) is 16.8 Å². The van der Waals surface area contributed by atoms with Crippen molar-refractivity contribution in [3.8, 4) is 5.75 Å². The molecule has 0 bridgehead atoms. The molecular weight excluding hydrogens is 483 g/mol.